The molecule has 22 heavy (non-hydrogen) atoms. The minimum Gasteiger partial charge on any atom is -0.412 e. The number of carbonyl (C=O) groups is 2. The second-order valence-corrected chi connectivity index (χ2v) is 8.39. The molecule has 2 N–H and O–H groups in total. The number of ketones is 2. The Bertz CT molecular complexity index is 549. The van der Waals surface area contributed by atoms with Gasteiger partial charge in [-0.25, -0.2) is 0 Å². The van der Waals surface area contributed by atoms with E-state index in [0.717, 1.165) is 38.5 Å². The number of allylic oxidation sites excluding steroid dienone is 1. The van der Waals surface area contributed by atoms with E-state index < -0.39 is 0 Å². The van der Waals surface area contributed by atoms with Gasteiger partial charge in [-0.3, -0.25) is 9.59 Å². The molecule has 122 valence electrons. The van der Waals surface area contributed by atoms with Gasteiger partial charge >= 0.3 is 0 Å². The van der Waals surface area contributed by atoms with Crippen LogP contribution in [0.4, 0.5) is 0 Å². The molecule has 3 fully saturated rings. The van der Waals surface area contributed by atoms with Gasteiger partial charge in [-0.05, 0) is 67.8 Å². The summed E-state index contributed by atoms with van der Waals surface area (Å²) in [6.45, 7) is 4.64. The highest BCUT2D eigenvalue weighted by atomic mass is 16.1. The molecule has 0 heterocycles. The van der Waals surface area contributed by atoms with Gasteiger partial charge in [0.2, 0.25) is 0 Å². The third kappa shape index (κ3) is 1.90. The fourth-order valence-electron chi connectivity index (χ4n) is 6.33. The molecule has 0 aromatic rings. The van der Waals surface area contributed by atoms with Crippen molar-refractivity contribution in [3.8, 4) is 0 Å². The lowest BCUT2D eigenvalue weighted by molar-refractivity contribution is -0.132. The maximum Gasteiger partial charge on any atom is 0.155 e. The van der Waals surface area contributed by atoms with Crippen molar-refractivity contribution in [1.29, 1.82) is 0 Å². The molecule has 0 radical (unpaired) electrons. The van der Waals surface area contributed by atoms with Crippen molar-refractivity contribution >= 4 is 11.6 Å². The van der Waals surface area contributed by atoms with Crippen LogP contribution in [0.15, 0.2) is 11.6 Å². The summed E-state index contributed by atoms with van der Waals surface area (Å²) in [6, 6.07) is 0. The lowest BCUT2D eigenvalue weighted by Crippen LogP contribution is -2.50. The van der Waals surface area contributed by atoms with Crippen LogP contribution in [0.25, 0.3) is 0 Å². The average Bonchev–Trinajstić information content (AvgIpc) is 2.76. The minimum absolute atomic E-state index is 0. The van der Waals surface area contributed by atoms with Crippen molar-refractivity contribution in [2.24, 2.45) is 28.6 Å². The van der Waals surface area contributed by atoms with Gasteiger partial charge in [0.25, 0.3) is 0 Å². The molecule has 4 rings (SSSR count). The van der Waals surface area contributed by atoms with Crippen LogP contribution in [0.1, 0.15) is 65.2 Å². The lowest BCUT2D eigenvalue weighted by atomic mass is 9.47. The van der Waals surface area contributed by atoms with Crippen LogP contribution < -0.4 is 0 Å². The third-order valence-electron chi connectivity index (χ3n) is 7.67. The Morgan fingerprint density at radius 2 is 1.64 bits per heavy atom. The standard InChI is InChI=1S/C19H26O2.H2O/c1-18-9-7-13(20)11-12(18)3-4-14-15-5-6-17(21)19(15,2)10-8-16(14)18;/h11,14-16H,3-10H2,1-2H3;1H2/t14-,15-,16-,18-,19-;/m0./s1. The monoisotopic (exact) mass is 304 g/mol. The Morgan fingerprint density at radius 1 is 0.909 bits per heavy atom. The smallest absolute Gasteiger partial charge is 0.155 e. The van der Waals surface area contributed by atoms with E-state index in [0.29, 0.717) is 29.3 Å². The molecule has 4 aliphatic rings. The molecule has 0 spiro atoms. The molecule has 3 saturated carbocycles. The highest BCUT2D eigenvalue weighted by Crippen LogP contribution is 2.64. The van der Waals surface area contributed by atoms with Gasteiger partial charge in [0.1, 0.15) is 5.78 Å². The molecule has 5 atom stereocenters. The van der Waals surface area contributed by atoms with Gasteiger partial charge in [-0.2, -0.15) is 0 Å². The largest absolute Gasteiger partial charge is 0.412 e. The second-order valence-electron chi connectivity index (χ2n) is 8.39. The van der Waals surface area contributed by atoms with Crippen molar-refractivity contribution in [3.05, 3.63) is 11.6 Å². The predicted molar refractivity (Wildman–Crippen MR) is 85.3 cm³/mol. The summed E-state index contributed by atoms with van der Waals surface area (Å²) < 4.78 is 0. The van der Waals surface area contributed by atoms with Gasteiger partial charge in [0.05, 0.1) is 0 Å². The summed E-state index contributed by atoms with van der Waals surface area (Å²) in [4.78, 5) is 24.1. The van der Waals surface area contributed by atoms with Gasteiger partial charge in [-0.15, -0.1) is 0 Å². The topological polar surface area (TPSA) is 65.6 Å². The zero-order valence-electron chi connectivity index (χ0n) is 13.8. The van der Waals surface area contributed by atoms with Crippen LogP contribution in [0.5, 0.6) is 0 Å². The van der Waals surface area contributed by atoms with Crippen molar-refractivity contribution in [3.63, 3.8) is 0 Å². The molecule has 0 aliphatic heterocycles. The number of carbonyl (C=O) groups excluding carboxylic acids is 2. The van der Waals surface area contributed by atoms with Crippen LogP contribution in [0, 0.1) is 28.6 Å². The van der Waals surface area contributed by atoms with Gasteiger partial charge in [0.15, 0.2) is 5.78 Å². The molecule has 3 nitrogen and oxygen atoms in total. The molecule has 0 aromatic heterocycles. The molecular weight excluding hydrogens is 276 g/mol. The van der Waals surface area contributed by atoms with Crippen LogP contribution in [-0.2, 0) is 9.59 Å². The van der Waals surface area contributed by atoms with E-state index >= 15 is 0 Å². The van der Waals surface area contributed by atoms with E-state index in [1.54, 1.807) is 0 Å². The highest BCUT2D eigenvalue weighted by molar-refractivity contribution is 5.91. The maximum absolute atomic E-state index is 12.4. The number of rotatable bonds is 0. The predicted octanol–water partition coefficient (Wildman–Crippen LogP) is 3.26. The first-order chi connectivity index (χ1) is 9.95. The number of Topliss-reactive ketones (excluding diaryl/α,β-unsaturated/α-hetero) is 1. The molecule has 0 saturated heterocycles. The minimum atomic E-state index is -0.0246. The number of fused-ring (bicyclic) bond motifs is 5. The Hall–Kier alpha value is -0.960. The Balaban J connectivity index is 0.00000144. The Kier molecular flexibility index (Phi) is 3.63. The normalized spacial score (nSPS) is 47.0. The van der Waals surface area contributed by atoms with E-state index in [4.69, 9.17) is 0 Å². The molecule has 0 amide bonds. The summed E-state index contributed by atoms with van der Waals surface area (Å²) in [5, 5.41) is 0. The van der Waals surface area contributed by atoms with Gasteiger partial charge in [0, 0.05) is 18.3 Å². The third-order valence-corrected chi connectivity index (χ3v) is 7.67. The Morgan fingerprint density at radius 3 is 2.41 bits per heavy atom. The lowest BCUT2D eigenvalue weighted by Gasteiger charge is -2.56. The summed E-state index contributed by atoms with van der Waals surface area (Å²) in [5.41, 5.74) is 1.64. The van der Waals surface area contributed by atoms with Crippen molar-refractivity contribution in [1.82, 2.24) is 0 Å². The molecular formula is C19H28O3. The molecule has 0 unspecified atom stereocenters. The van der Waals surface area contributed by atoms with E-state index in [-0.39, 0.29) is 16.3 Å². The van der Waals surface area contributed by atoms with E-state index in [9.17, 15) is 9.59 Å². The quantitative estimate of drug-likeness (QED) is 0.689. The van der Waals surface area contributed by atoms with Gasteiger partial charge in [-0.1, -0.05) is 19.4 Å². The zero-order valence-corrected chi connectivity index (χ0v) is 13.8. The highest BCUT2D eigenvalue weighted by Gasteiger charge is 2.58. The summed E-state index contributed by atoms with van der Waals surface area (Å²) in [6.07, 6.45) is 10.2. The van der Waals surface area contributed by atoms with Crippen LogP contribution in [0.2, 0.25) is 0 Å². The number of hydrogen-bond acceptors (Lipinski definition) is 2. The Labute approximate surface area is 132 Å². The molecule has 4 aliphatic carbocycles. The second kappa shape index (κ2) is 5.02. The van der Waals surface area contributed by atoms with Crippen molar-refractivity contribution in [2.75, 3.05) is 0 Å². The molecule has 3 heteroatoms. The van der Waals surface area contributed by atoms with Crippen LogP contribution in [0.3, 0.4) is 0 Å². The summed E-state index contributed by atoms with van der Waals surface area (Å²) in [7, 11) is 0. The maximum atomic E-state index is 12.4. The SMILES string of the molecule is C[C@]12CCC(=O)C=C1CC[C@@H]1[C@@H]2CC[C@]2(C)C(=O)CC[C@@H]12.O. The van der Waals surface area contributed by atoms with Crippen molar-refractivity contribution in [2.45, 2.75) is 65.2 Å². The average molecular weight is 304 g/mol. The van der Waals surface area contributed by atoms with E-state index in [1.165, 1.54) is 18.4 Å². The van der Waals surface area contributed by atoms with Gasteiger partial charge < -0.3 is 5.48 Å². The van der Waals surface area contributed by atoms with Crippen LogP contribution in [-0.4, -0.2) is 17.0 Å². The first-order valence-corrected chi connectivity index (χ1v) is 8.72. The van der Waals surface area contributed by atoms with Crippen molar-refractivity contribution < 1.29 is 15.1 Å². The van der Waals surface area contributed by atoms with E-state index in [2.05, 4.69) is 13.8 Å². The summed E-state index contributed by atoms with van der Waals surface area (Å²) >= 11 is 0. The number of hydrogen-bond donors (Lipinski definition) is 0. The fourth-order valence-corrected chi connectivity index (χ4v) is 6.33. The molecule has 0 bridgehead atoms. The zero-order chi connectivity index (χ0) is 14.8. The van der Waals surface area contributed by atoms with Crippen LogP contribution >= 0.6 is 0 Å². The summed E-state index contributed by atoms with van der Waals surface area (Å²) in [5.74, 6) is 2.88. The van der Waals surface area contributed by atoms with E-state index in [1.807, 2.05) is 6.08 Å². The first-order valence-electron chi connectivity index (χ1n) is 8.72. The first kappa shape index (κ1) is 15.9. The molecule has 0 aromatic carbocycles. The fraction of sp³-hybridized carbons (Fsp3) is 0.789.